The van der Waals surface area contributed by atoms with Crippen molar-refractivity contribution in [1.29, 1.82) is 0 Å². The van der Waals surface area contributed by atoms with Gasteiger partial charge in [-0.2, -0.15) is 0 Å². The number of halogens is 1. The van der Waals surface area contributed by atoms with Crippen molar-refractivity contribution in [1.82, 2.24) is 0 Å². The zero-order valence-electron chi connectivity index (χ0n) is 15.0. The molecular weight excluding hydrogens is 374 g/mol. The molecule has 0 aliphatic heterocycles. The first kappa shape index (κ1) is 18.0. The third-order valence-corrected chi connectivity index (χ3v) is 4.94. The van der Waals surface area contributed by atoms with E-state index in [1.54, 1.807) is 48.5 Å². The molecule has 0 bridgehead atoms. The van der Waals surface area contributed by atoms with Crippen LogP contribution >= 0.6 is 11.6 Å². The third-order valence-electron chi connectivity index (χ3n) is 4.53. The Morgan fingerprint density at radius 1 is 0.964 bits per heavy atom. The van der Waals surface area contributed by atoms with Crippen LogP contribution in [0.3, 0.4) is 0 Å². The summed E-state index contributed by atoms with van der Waals surface area (Å²) >= 11 is 6.10. The fourth-order valence-electron chi connectivity index (χ4n) is 2.94. The Morgan fingerprint density at radius 2 is 1.71 bits per heavy atom. The van der Waals surface area contributed by atoms with Gasteiger partial charge in [-0.3, -0.25) is 4.79 Å². The Balaban J connectivity index is 1.60. The van der Waals surface area contributed by atoms with Gasteiger partial charge in [-0.25, -0.2) is 4.79 Å². The highest BCUT2D eigenvalue weighted by Crippen LogP contribution is 2.23. The number of para-hydroxylation sites is 1. The lowest BCUT2D eigenvalue weighted by Crippen LogP contribution is -2.12. The molecule has 0 saturated carbocycles. The molecule has 138 valence electrons. The molecule has 0 aliphatic carbocycles. The van der Waals surface area contributed by atoms with E-state index >= 15 is 0 Å². The zero-order valence-corrected chi connectivity index (χ0v) is 15.8. The van der Waals surface area contributed by atoms with Crippen molar-refractivity contribution in [2.24, 2.45) is 0 Å². The van der Waals surface area contributed by atoms with Crippen LogP contribution in [0.25, 0.3) is 22.1 Å². The minimum absolute atomic E-state index is 0.253. The molecule has 4 nitrogen and oxygen atoms in total. The van der Waals surface area contributed by atoms with Crippen molar-refractivity contribution in [2.75, 3.05) is 5.32 Å². The van der Waals surface area contributed by atoms with Crippen LogP contribution in [0.15, 0.2) is 82.0 Å². The van der Waals surface area contributed by atoms with Gasteiger partial charge in [0.2, 0.25) is 0 Å². The maximum atomic E-state index is 12.5. The molecule has 0 radical (unpaired) electrons. The van der Waals surface area contributed by atoms with E-state index in [-0.39, 0.29) is 5.91 Å². The number of rotatable bonds is 3. The normalized spacial score (nSPS) is 10.8. The van der Waals surface area contributed by atoms with Crippen LogP contribution in [0.2, 0.25) is 5.02 Å². The van der Waals surface area contributed by atoms with Crippen molar-refractivity contribution >= 4 is 34.2 Å². The smallest absolute Gasteiger partial charge is 0.344 e. The first-order chi connectivity index (χ1) is 13.5. The second-order valence-electron chi connectivity index (χ2n) is 6.48. The number of carbonyl (C=O) groups is 1. The average molecular weight is 390 g/mol. The van der Waals surface area contributed by atoms with Gasteiger partial charge in [0.1, 0.15) is 5.58 Å². The van der Waals surface area contributed by atoms with E-state index in [0.717, 1.165) is 10.9 Å². The average Bonchev–Trinajstić information content (AvgIpc) is 2.70. The van der Waals surface area contributed by atoms with E-state index in [1.807, 2.05) is 31.2 Å². The maximum absolute atomic E-state index is 12.5. The van der Waals surface area contributed by atoms with Crippen LogP contribution < -0.4 is 10.9 Å². The molecule has 1 heterocycles. The van der Waals surface area contributed by atoms with Crippen molar-refractivity contribution < 1.29 is 9.21 Å². The Labute approximate surface area is 166 Å². The third kappa shape index (κ3) is 3.55. The minimum atomic E-state index is -0.412. The number of hydrogen-bond donors (Lipinski definition) is 1. The number of nitrogens with one attached hydrogen (secondary N) is 1. The van der Waals surface area contributed by atoms with Crippen LogP contribution in [0.4, 0.5) is 5.69 Å². The second kappa shape index (κ2) is 7.33. The number of benzene rings is 3. The lowest BCUT2D eigenvalue weighted by Gasteiger charge is -2.08. The van der Waals surface area contributed by atoms with Crippen LogP contribution in [0.1, 0.15) is 15.9 Å². The van der Waals surface area contributed by atoms with Gasteiger partial charge in [-0.1, -0.05) is 48.0 Å². The molecule has 0 spiro atoms. The molecule has 28 heavy (non-hydrogen) atoms. The van der Waals surface area contributed by atoms with Crippen LogP contribution in [0, 0.1) is 6.92 Å². The van der Waals surface area contributed by atoms with E-state index in [4.69, 9.17) is 16.0 Å². The van der Waals surface area contributed by atoms with Gasteiger partial charge < -0.3 is 9.73 Å². The number of amides is 1. The predicted molar refractivity (Wildman–Crippen MR) is 112 cm³/mol. The molecule has 4 rings (SSSR count). The van der Waals surface area contributed by atoms with Gasteiger partial charge in [-0.05, 0) is 54.4 Å². The molecule has 1 amide bonds. The van der Waals surface area contributed by atoms with Crippen LogP contribution in [-0.2, 0) is 0 Å². The largest absolute Gasteiger partial charge is 0.422 e. The molecule has 0 unspecified atom stereocenters. The Morgan fingerprint density at radius 3 is 2.46 bits per heavy atom. The molecule has 0 fully saturated rings. The summed E-state index contributed by atoms with van der Waals surface area (Å²) in [5.41, 5.74) is 3.32. The van der Waals surface area contributed by atoms with E-state index in [1.165, 1.54) is 0 Å². The van der Waals surface area contributed by atoms with Gasteiger partial charge in [0, 0.05) is 21.7 Å². The maximum Gasteiger partial charge on any atom is 0.344 e. The first-order valence-electron chi connectivity index (χ1n) is 8.72. The number of aryl methyl sites for hydroxylation is 1. The Hall–Kier alpha value is -3.37. The first-order valence-corrected chi connectivity index (χ1v) is 9.10. The molecule has 0 saturated heterocycles. The summed E-state index contributed by atoms with van der Waals surface area (Å²) in [7, 11) is 0. The molecule has 4 aromatic rings. The molecule has 0 atom stereocenters. The van der Waals surface area contributed by atoms with Gasteiger partial charge >= 0.3 is 5.63 Å². The number of fused-ring (bicyclic) bond motifs is 1. The van der Waals surface area contributed by atoms with Crippen molar-refractivity contribution in [3.8, 4) is 11.1 Å². The monoisotopic (exact) mass is 389 g/mol. The summed E-state index contributed by atoms with van der Waals surface area (Å²) in [6, 6.07) is 21.3. The van der Waals surface area contributed by atoms with E-state index in [2.05, 4.69) is 5.32 Å². The lowest BCUT2D eigenvalue weighted by atomic mass is 10.0. The number of carbonyl (C=O) groups excluding carboxylic acids is 1. The topological polar surface area (TPSA) is 59.3 Å². The molecule has 5 heteroatoms. The summed E-state index contributed by atoms with van der Waals surface area (Å²) in [5, 5.41) is 4.25. The van der Waals surface area contributed by atoms with Crippen LogP contribution in [-0.4, -0.2) is 5.91 Å². The van der Waals surface area contributed by atoms with E-state index in [9.17, 15) is 9.59 Å². The van der Waals surface area contributed by atoms with Crippen LogP contribution in [0.5, 0.6) is 0 Å². The van der Waals surface area contributed by atoms with Gasteiger partial charge in [0.15, 0.2) is 0 Å². The molecule has 1 aromatic heterocycles. The van der Waals surface area contributed by atoms with Crippen molar-refractivity contribution in [3.63, 3.8) is 0 Å². The van der Waals surface area contributed by atoms with Gasteiger partial charge in [0.05, 0.1) is 5.56 Å². The fraction of sp³-hybridized carbons (Fsp3) is 0.0435. The highest BCUT2D eigenvalue weighted by Gasteiger charge is 2.11. The fourth-order valence-corrected chi connectivity index (χ4v) is 3.12. The lowest BCUT2D eigenvalue weighted by molar-refractivity contribution is 0.102. The van der Waals surface area contributed by atoms with E-state index in [0.29, 0.717) is 33.0 Å². The minimum Gasteiger partial charge on any atom is -0.422 e. The summed E-state index contributed by atoms with van der Waals surface area (Å²) < 4.78 is 5.38. The number of hydrogen-bond acceptors (Lipinski definition) is 3. The Kier molecular flexibility index (Phi) is 4.72. The van der Waals surface area contributed by atoms with Crippen molar-refractivity contribution in [3.05, 3.63) is 99.4 Å². The molecular formula is C23H16ClNO3. The predicted octanol–water partition coefficient (Wildman–Crippen LogP) is 5.67. The summed E-state index contributed by atoms with van der Waals surface area (Å²) in [6.45, 7) is 1.90. The summed E-state index contributed by atoms with van der Waals surface area (Å²) in [4.78, 5) is 24.8. The SMILES string of the molecule is Cc1ccc(NC(=O)c2ccc(-c3cc4ccccc4oc3=O)cc2)cc1Cl. The second-order valence-corrected chi connectivity index (χ2v) is 6.89. The van der Waals surface area contributed by atoms with Crippen molar-refractivity contribution in [2.45, 2.75) is 6.92 Å². The zero-order chi connectivity index (χ0) is 19.7. The highest BCUT2D eigenvalue weighted by atomic mass is 35.5. The molecule has 1 N–H and O–H groups in total. The summed E-state index contributed by atoms with van der Waals surface area (Å²) in [5.74, 6) is -0.253. The standard InChI is InChI=1S/C23H16ClNO3/c1-14-6-11-18(13-20(14)24)25-22(26)16-9-7-15(8-10-16)19-12-17-4-2-3-5-21(17)28-23(19)27/h2-13H,1H3,(H,25,26). The van der Waals surface area contributed by atoms with Gasteiger partial charge in [-0.15, -0.1) is 0 Å². The van der Waals surface area contributed by atoms with Gasteiger partial charge in [0.25, 0.3) is 5.91 Å². The molecule has 3 aromatic carbocycles. The van der Waals surface area contributed by atoms with E-state index < -0.39 is 5.63 Å². The number of anilines is 1. The molecule has 0 aliphatic rings. The quantitative estimate of drug-likeness (QED) is 0.459. The summed E-state index contributed by atoms with van der Waals surface area (Å²) in [6.07, 6.45) is 0. The Bertz CT molecular complexity index is 1240. The highest BCUT2D eigenvalue weighted by molar-refractivity contribution is 6.31.